The van der Waals surface area contributed by atoms with E-state index in [1.54, 1.807) is 61.7 Å². The molecule has 0 aliphatic heterocycles. The van der Waals surface area contributed by atoms with Crippen molar-refractivity contribution in [2.75, 3.05) is 13.7 Å². The van der Waals surface area contributed by atoms with Crippen LogP contribution in [0, 0.1) is 0 Å². The Labute approximate surface area is 212 Å². The predicted octanol–water partition coefficient (Wildman–Crippen LogP) is 6.63. The van der Waals surface area contributed by atoms with Gasteiger partial charge >= 0.3 is 11.9 Å². The molecule has 0 unspecified atom stereocenters. The highest BCUT2D eigenvalue weighted by atomic mass is 16.5. The van der Waals surface area contributed by atoms with Crippen molar-refractivity contribution < 1.29 is 28.5 Å². The molecule has 188 valence electrons. The summed E-state index contributed by atoms with van der Waals surface area (Å²) in [6.45, 7) is 3.02. The van der Waals surface area contributed by atoms with E-state index in [4.69, 9.17) is 18.9 Å². The molecule has 6 nitrogen and oxygen atoms in total. The van der Waals surface area contributed by atoms with Crippen LogP contribution in [0.2, 0.25) is 0 Å². The summed E-state index contributed by atoms with van der Waals surface area (Å²) in [5.74, 6) is 0.997. The van der Waals surface area contributed by atoms with Crippen molar-refractivity contribution in [3.05, 3.63) is 95.6 Å². The van der Waals surface area contributed by atoms with E-state index in [-0.39, 0.29) is 6.61 Å². The van der Waals surface area contributed by atoms with Crippen LogP contribution in [0.1, 0.15) is 54.1 Å². The summed E-state index contributed by atoms with van der Waals surface area (Å²) in [5, 5.41) is 0. The SMILES string of the molecule is CCCCCCOc1ccc(C(=O)Oc2ccc(/C=C/C(=O)OCc3ccc(OC)cc3)cc2)cc1. The summed E-state index contributed by atoms with van der Waals surface area (Å²) in [6, 6.07) is 21.1. The largest absolute Gasteiger partial charge is 0.497 e. The minimum atomic E-state index is -0.449. The van der Waals surface area contributed by atoms with Crippen LogP contribution >= 0.6 is 0 Å². The summed E-state index contributed by atoms with van der Waals surface area (Å²) in [4.78, 5) is 24.4. The van der Waals surface area contributed by atoms with Crippen LogP contribution in [0.15, 0.2) is 78.9 Å². The van der Waals surface area contributed by atoms with Crippen molar-refractivity contribution in [2.45, 2.75) is 39.2 Å². The number of ether oxygens (including phenoxy) is 4. The average Bonchev–Trinajstić information content (AvgIpc) is 2.92. The van der Waals surface area contributed by atoms with Crippen LogP contribution in [0.4, 0.5) is 0 Å². The van der Waals surface area contributed by atoms with Crippen LogP contribution in [-0.2, 0) is 16.1 Å². The molecule has 0 aliphatic rings. The van der Waals surface area contributed by atoms with Crippen LogP contribution in [-0.4, -0.2) is 25.7 Å². The van der Waals surface area contributed by atoms with E-state index in [1.165, 1.54) is 18.9 Å². The van der Waals surface area contributed by atoms with E-state index in [0.717, 1.165) is 35.5 Å². The molecule has 0 fully saturated rings. The quantitative estimate of drug-likeness (QED) is 0.116. The molecule has 0 radical (unpaired) electrons. The van der Waals surface area contributed by atoms with Crippen LogP contribution in [0.25, 0.3) is 6.08 Å². The number of unbranched alkanes of at least 4 members (excludes halogenated alkanes) is 3. The van der Waals surface area contributed by atoms with E-state index in [9.17, 15) is 9.59 Å². The molecule has 0 N–H and O–H groups in total. The maximum atomic E-state index is 12.4. The Morgan fingerprint density at radius 1 is 0.778 bits per heavy atom. The first kappa shape index (κ1) is 26.5. The zero-order chi connectivity index (χ0) is 25.6. The zero-order valence-electron chi connectivity index (χ0n) is 20.8. The Hall–Kier alpha value is -4.06. The number of rotatable bonds is 13. The van der Waals surface area contributed by atoms with Crippen molar-refractivity contribution >= 4 is 18.0 Å². The third-order valence-corrected chi connectivity index (χ3v) is 5.40. The van der Waals surface area contributed by atoms with Gasteiger partial charge in [-0.25, -0.2) is 9.59 Å². The fraction of sp³-hybridized carbons (Fsp3) is 0.267. The number of esters is 2. The van der Waals surface area contributed by atoms with Gasteiger partial charge in [-0.05, 0) is 72.2 Å². The molecule has 0 atom stereocenters. The van der Waals surface area contributed by atoms with Gasteiger partial charge in [0.15, 0.2) is 0 Å². The second-order valence-corrected chi connectivity index (χ2v) is 8.18. The summed E-state index contributed by atoms with van der Waals surface area (Å²) in [7, 11) is 1.60. The lowest BCUT2D eigenvalue weighted by Crippen LogP contribution is -2.08. The summed E-state index contributed by atoms with van der Waals surface area (Å²) in [5.41, 5.74) is 2.09. The van der Waals surface area contributed by atoms with E-state index in [1.807, 2.05) is 24.3 Å². The van der Waals surface area contributed by atoms with Gasteiger partial charge in [-0.1, -0.05) is 50.5 Å². The molecule has 0 amide bonds. The van der Waals surface area contributed by atoms with Crippen molar-refractivity contribution in [3.63, 3.8) is 0 Å². The summed E-state index contributed by atoms with van der Waals surface area (Å²) in [6.07, 6.45) is 7.58. The molecule has 0 aromatic heterocycles. The normalized spacial score (nSPS) is 10.7. The Kier molecular flexibility index (Phi) is 10.6. The predicted molar refractivity (Wildman–Crippen MR) is 139 cm³/mol. The third-order valence-electron chi connectivity index (χ3n) is 5.40. The van der Waals surface area contributed by atoms with Crippen LogP contribution in [0.5, 0.6) is 17.2 Å². The van der Waals surface area contributed by atoms with Gasteiger partial charge < -0.3 is 18.9 Å². The molecule has 0 heterocycles. The van der Waals surface area contributed by atoms with Gasteiger partial charge in [0, 0.05) is 6.08 Å². The van der Waals surface area contributed by atoms with Gasteiger partial charge in [0.2, 0.25) is 0 Å². The molecule has 0 bridgehead atoms. The van der Waals surface area contributed by atoms with Gasteiger partial charge in [-0.15, -0.1) is 0 Å². The minimum absolute atomic E-state index is 0.175. The second kappa shape index (κ2) is 14.4. The first-order valence-electron chi connectivity index (χ1n) is 12.1. The van der Waals surface area contributed by atoms with E-state index >= 15 is 0 Å². The highest BCUT2D eigenvalue weighted by molar-refractivity contribution is 5.91. The Bertz CT molecular complexity index is 1120. The molecular formula is C30H32O6. The highest BCUT2D eigenvalue weighted by Crippen LogP contribution is 2.18. The maximum Gasteiger partial charge on any atom is 0.343 e. The number of carbonyl (C=O) groups excluding carboxylic acids is 2. The number of hydrogen-bond acceptors (Lipinski definition) is 6. The molecule has 6 heteroatoms. The maximum absolute atomic E-state index is 12.4. The van der Waals surface area contributed by atoms with Gasteiger partial charge in [-0.2, -0.15) is 0 Å². The van der Waals surface area contributed by atoms with Gasteiger partial charge in [0.05, 0.1) is 19.3 Å². The number of benzene rings is 3. The van der Waals surface area contributed by atoms with E-state index in [0.29, 0.717) is 17.9 Å². The number of carbonyl (C=O) groups is 2. The van der Waals surface area contributed by atoms with Crippen molar-refractivity contribution in [2.24, 2.45) is 0 Å². The molecule has 36 heavy (non-hydrogen) atoms. The summed E-state index contributed by atoms with van der Waals surface area (Å²) < 4.78 is 21.5. The fourth-order valence-electron chi connectivity index (χ4n) is 3.31. The molecule has 3 rings (SSSR count). The lowest BCUT2D eigenvalue weighted by Gasteiger charge is -2.08. The first-order valence-corrected chi connectivity index (χ1v) is 12.1. The van der Waals surface area contributed by atoms with Crippen LogP contribution in [0.3, 0.4) is 0 Å². The molecule has 0 spiro atoms. The number of hydrogen-bond donors (Lipinski definition) is 0. The minimum Gasteiger partial charge on any atom is -0.497 e. The monoisotopic (exact) mass is 488 g/mol. The molecule has 3 aromatic carbocycles. The van der Waals surface area contributed by atoms with Crippen molar-refractivity contribution in [3.8, 4) is 17.2 Å². The zero-order valence-corrected chi connectivity index (χ0v) is 20.8. The Morgan fingerprint density at radius 2 is 1.44 bits per heavy atom. The third kappa shape index (κ3) is 8.95. The molecular weight excluding hydrogens is 456 g/mol. The first-order chi connectivity index (χ1) is 17.6. The molecule has 3 aromatic rings. The Balaban J connectivity index is 1.43. The van der Waals surface area contributed by atoms with Crippen molar-refractivity contribution in [1.82, 2.24) is 0 Å². The Morgan fingerprint density at radius 3 is 2.11 bits per heavy atom. The van der Waals surface area contributed by atoms with Gasteiger partial charge in [-0.3, -0.25) is 0 Å². The van der Waals surface area contributed by atoms with E-state index in [2.05, 4.69) is 6.92 Å². The highest BCUT2D eigenvalue weighted by Gasteiger charge is 2.09. The molecule has 0 saturated carbocycles. The number of methoxy groups -OCH3 is 1. The lowest BCUT2D eigenvalue weighted by molar-refractivity contribution is -0.138. The lowest BCUT2D eigenvalue weighted by atomic mass is 10.2. The second-order valence-electron chi connectivity index (χ2n) is 8.18. The van der Waals surface area contributed by atoms with E-state index < -0.39 is 11.9 Å². The fourth-order valence-corrected chi connectivity index (χ4v) is 3.31. The smallest absolute Gasteiger partial charge is 0.343 e. The average molecular weight is 489 g/mol. The molecule has 0 saturated heterocycles. The van der Waals surface area contributed by atoms with Gasteiger partial charge in [0.25, 0.3) is 0 Å². The standard InChI is InChI=1S/C30H32O6/c1-3-4-5-6-21-34-27-18-12-25(13-19-27)30(32)36-28-16-7-23(8-17-28)11-20-29(31)35-22-24-9-14-26(33-2)15-10-24/h7-20H,3-6,21-22H2,1-2H3/b20-11+. The summed E-state index contributed by atoms with van der Waals surface area (Å²) >= 11 is 0. The molecule has 0 aliphatic carbocycles. The topological polar surface area (TPSA) is 71.1 Å². The van der Waals surface area contributed by atoms with Crippen molar-refractivity contribution in [1.29, 1.82) is 0 Å². The van der Waals surface area contributed by atoms with Gasteiger partial charge in [0.1, 0.15) is 23.9 Å². The van der Waals surface area contributed by atoms with Crippen LogP contribution < -0.4 is 14.2 Å².